The Bertz CT molecular complexity index is 6740. The molecule has 4 aromatic heterocycles. The van der Waals surface area contributed by atoms with Gasteiger partial charge in [-0.05, 0) is 185 Å². The first kappa shape index (κ1) is 60.1. The summed E-state index contributed by atoms with van der Waals surface area (Å²) in [5.74, 6) is 0. The van der Waals surface area contributed by atoms with Gasteiger partial charge in [0.1, 0.15) is 16.7 Å². The molecule has 0 unspecified atom stereocenters. The molecule has 0 aliphatic carbocycles. The van der Waals surface area contributed by atoms with Crippen molar-refractivity contribution in [1.29, 1.82) is 0 Å². The molecule has 486 valence electrons. The molecule has 6 heteroatoms. The first-order chi connectivity index (χ1) is 51.5. The monoisotopic (exact) mass is 1330 g/mol. The van der Waals surface area contributed by atoms with Gasteiger partial charge in [-0.2, -0.15) is 0 Å². The van der Waals surface area contributed by atoms with Gasteiger partial charge in [0.25, 0.3) is 0 Å². The average molecular weight is 1330 g/mol. The molecule has 0 aliphatic rings. The van der Waals surface area contributed by atoms with Gasteiger partial charge >= 0.3 is 0 Å². The zero-order valence-corrected chi connectivity index (χ0v) is 56.4. The van der Waals surface area contributed by atoms with Crippen LogP contribution in [-0.4, -0.2) is 9.97 Å². The maximum Gasteiger partial charge on any atom is 0.161 e. The normalized spacial score (nSPS) is 11.7. The summed E-state index contributed by atoms with van der Waals surface area (Å²) in [5, 5.41) is 12.0. The molecule has 0 radical (unpaired) electrons. The first-order valence-electron chi connectivity index (χ1n) is 35.3. The van der Waals surface area contributed by atoms with Crippen LogP contribution in [0.1, 0.15) is 0 Å². The van der Waals surface area contributed by atoms with Crippen molar-refractivity contribution in [2.24, 2.45) is 0 Å². The van der Waals surface area contributed by atoms with Crippen molar-refractivity contribution in [3.63, 3.8) is 0 Å². The van der Waals surface area contributed by atoms with Gasteiger partial charge in [-0.25, -0.2) is 0 Å². The van der Waals surface area contributed by atoms with Gasteiger partial charge in [0.05, 0.1) is 17.1 Å². The van der Waals surface area contributed by atoms with Gasteiger partial charge in [-0.1, -0.05) is 255 Å². The molecule has 20 rings (SSSR count). The molecule has 0 amide bonds. The van der Waals surface area contributed by atoms with Gasteiger partial charge in [0, 0.05) is 90.5 Å². The lowest BCUT2D eigenvalue weighted by atomic mass is 9.91. The number of nitrogens with zero attached hydrogens (tertiary/aromatic N) is 4. The van der Waals surface area contributed by atoms with Crippen LogP contribution in [0, 0.1) is 0 Å². The molecule has 4 heterocycles. The van der Waals surface area contributed by atoms with Crippen LogP contribution in [0.15, 0.2) is 385 Å². The van der Waals surface area contributed by atoms with E-state index in [1.54, 1.807) is 0 Å². The van der Waals surface area contributed by atoms with Crippen molar-refractivity contribution in [3.8, 4) is 77.9 Å². The van der Waals surface area contributed by atoms with Crippen molar-refractivity contribution in [3.05, 3.63) is 377 Å². The number of pyridine rings is 2. The van der Waals surface area contributed by atoms with Crippen LogP contribution in [-0.2, 0) is 0 Å². The molecule has 0 saturated carbocycles. The third kappa shape index (κ3) is 10.4. The quantitative estimate of drug-likeness (QED) is 0.115. The molecule has 0 bridgehead atoms. The fourth-order valence-electron chi connectivity index (χ4n) is 15.7. The highest BCUT2D eigenvalue weighted by atomic mass is 16.3. The van der Waals surface area contributed by atoms with Crippen LogP contribution in [0.4, 0.5) is 34.1 Å². The SMILES string of the molecule is c1ccc(-c2cccc(N(c3ccc4c(c3)oc3c5ccncc5ccc43)c3ccc(-c4cccc(-c5ccc(-c6cccc(N(c7ccc(-c8ccccc8)cc7-c7cccc8ccccc78)c7cccc8c7oc7c8ccc8cccnc87)c6)cc5)c4)cc3-c3cccc4ccccc34)c2)cc1. The van der Waals surface area contributed by atoms with E-state index in [2.05, 4.69) is 361 Å². The van der Waals surface area contributed by atoms with E-state index >= 15 is 0 Å². The highest BCUT2D eigenvalue weighted by Gasteiger charge is 2.27. The van der Waals surface area contributed by atoms with Crippen molar-refractivity contribution in [1.82, 2.24) is 9.97 Å². The summed E-state index contributed by atoms with van der Waals surface area (Å²) < 4.78 is 14.1. The smallest absolute Gasteiger partial charge is 0.161 e. The number of anilines is 6. The molecular weight excluding hydrogens is 1270 g/mol. The number of fused-ring (bicyclic) bond motifs is 12. The summed E-state index contributed by atoms with van der Waals surface area (Å²) in [6.45, 7) is 0. The number of hydrogen-bond donors (Lipinski definition) is 0. The van der Waals surface area contributed by atoms with Crippen LogP contribution < -0.4 is 9.80 Å². The number of hydrogen-bond acceptors (Lipinski definition) is 6. The summed E-state index contributed by atoms with van der Waals surface area (Å²) >= 11 is 0. The molecule has 20 aromatic rings. The standard InChI is InChI=1S/C98H62N4O2/c1-3-18-63(19-4-1)72-28-12-31-77(57-72)101(79-47-50-85-87-49-44-76-62-99-55-53-82(76)96(87)103-94(85)61-79)91-51-46-75(60-89(91)83-35-14-24-67-22-7-9-33-80(67)83)71-27-11-26-70(56-71)65-39-41-66(42-40-65)73-29-13-32-78(58-73)102(93-38-16-37-86-88-48-43-69-30-17-54-100-95(69)98(88)104-97(86)93)92-52-45-74(64-20-5-2-6-21-64)59-90(92)84-36-15-25-68-23-8-10-34-81(68)84/h1-62H. The van der Waals surface area contributed by atoms with Crippen LogP contribution >= 0.6 is 0 Å². The second-order valence-electron chi connectivity index (χ2n) is 26.8. The number of furan rings is 2. The van der Waals surface area contributed by atoms with Gasteiger partial charge in [-0.3, -0.25) is 9.97 Å². The van der Waals surface area contributed by atoms with E-state index in [1.165, 1.54) is 21.5 Å². The van der Waals surface area contributed by atoms with Gasteiger partial charge in [0.2, 0.25) is 0 Å². The number of aromatic nitrogens is 2. The number of rotatable bonds is 13. The average Bonchev–Trinajstić information content (AvgIpc) is 1.48. The zero-order chi connectivity index (χ0) is 68.6. The minimum Gasteiger partial charge on any atom is -0.455 e. The van der Waals surface area contributed by atoms with Crippen LogP contribution in [0.5, 0.6) is 0 Å². The molecule has 0 N–H and O–H groups in total. The largest absolute Gasteiger partial charge is 0.455 e. The molecule has 16 aromatic carbocycles. The molecule has 104 heavy (non-hydrogen) atoms. The molecule has 0 spiro atoms. The van der Waals surface area contributed by atoms with E-state index in [0.29, 0.717) is 0 Å². The molecule has 0 atom stereocenters. The van der Waals surface area contributed by atoms with Crippen molar-refractivity contribution >= 4 is 121 Å². The fraction of sp³-hybridized carbons (Fsp3) is 0. The van der Waals surface area contributed by atoms with Crippen LogP contribution in [0.2, 0.25) is 0 Å². The highest BCUT2D eigenvalue weighted by molar-refractivity contribution is 6.18. The van der Waals surface area contributed by atoms with E-state index in [9.17, 15) is 0 Å². The minimum atomic E-state index is 0.771. The second-order valence-corrected chi connectivity index (χ2v) is 26.8. The lowest BCUT2D eigenvalue weighted by molar-refractivity contribution is 0.671. The summed E-state index contributed by atoms with van der Waals surface area (Å²) in [6, 6.07) is 130. The van der Waals surface area contributed by atoms with E-state index in [1.807, 2.05) is 30.7 Å². The van der Waals surface area contributed by atoms with Gasteiger partial charge in [0.15, 0.2) is 11.2 Å². The Morgan fingerprint density at radius 1 is 0.221 bits per heavy atom. The van der Waals surface area contributed by atoms with E-state index < -0.39 is 0 Å². The fourth-order valence-corrected chi connectivity index (χ4v) is 15.7. The first-order valence-corrected chi connectivity index (χ1v) is 35.3. The number of benzene rings is 16. The third-order valence-corrected chi connectivity index (χ3v) is 20.8. The van der Waals surface area contributed by atoms with Gasteiger partial charge in [-0.15, -0.1) is 0 Å². The summed E-state index contributed by atoms with van der Waals surface area (Å²) in [7, 11) is 0. The highest BCUT2D eigenvalue weighted by Crippen LogP contribution is 2.51. The summed E-state index contributed by atoms with van der Waals surface area (Å²) in [4.78, 5) is 14.1. The Kier molecular flexibility index (Phi) is 14.5. The Morgan fingerprint density at radius 2 is 0.683 bits per heavy atom. The summed E-state index contributed by atoms with van der Waals surface area (Å²) in [6.07, 6.45) is 5.58. The Morgan fingerprint density at radius 3 is 1.36 bits per heavy atom. The van der Waals surface area contributed by atoms with Gasteiger partial charge < -0.3 is 18.6 Å². The second kappa shape index (κ2) is 25.0. The maximum atomic E-state index is 7.16. The predicted molar refractivity (Wildman–Crippen MR) is 434 cm³/mol. The molecule has 0 fully saturated rings. The van der Waals surface area contributed by atoms with Crippen LogP contribution in [0.25, 0.3) is 165 Å². The summed E-state index contributed by atoms with van der Waals surface area (Å²) in [5.41, 5.74) is 25.7. The Balaban J connectivity index is 0.702. The van der Waals surface area contributed by atoms with Crippen molar-refractivity contribution in [2.45, 2.75) is 0 Å². The van der Waals surface area contributed by atoms with E-state index in [4.69, 9.17) is 13.8 Å². The zero-order valence-electron chi connectivity index (χ0n) is 56.4. The lowest BCUT2D eigenvalue weighted by Crippen LogP contribution is -2.12. The number of para-hydroxylation sites is 1. The predicted octanol–water partition coefficient (Wildman–Crippen LogP) is 27.5. The molecular formula is C98H62N4O2. The lowest BCUT2D eigenvalue weighted by Gasteiger charge is -2.29. The maximum absolute atomic E-state index is 7.16. The van der Waals surface area contributed by atoms with Crippen molar-refractivity contribution in [2.75, 3.05) is 9.80 Å². The third-order valence-electron chi connectivity index (χ3n) is 20.8. The molecule has 0 aliphatic heterocycles. The molecule has 6 nitrogen and oxygen atoms in total. The minimum absolute atomic E-state index is 0.771. The molecule has 0 saturated heterocycles. The van der Waals surface area contributed by atoms with E-state index in [-0.39, 0.29) is 0 Å². The van der Waals surface area contributed by atoms with Crippen molar-refractivity contribution < 1.29 is 8.83 Å². The van der Waals surface area contributed by atoms with E-state index in [0.717, 1.165) is 178 Å². The topological polar surface area (TPSA) is 58.5 Å². The van der Waals surface area contributed by atoms with Crippen LogP contribution in [0.3, 0.4) is 0 Å². The Hall–Kier alpha value is -13.9. The Labute approximate surface area is 600 Å².